The topological polar surface area (TPSA) is 45.4 Å². The molecule has 0 saturated heterocycles. The predicted octanol–water partition coefficient (Wildman–Crippen LogP) is 2.43. The van der Waals surface area contributed by atoms with Gasteiger partial charge in [-0.1, -0.05) is 13.8 Å². The monoisotopic (exact) mass is 231 g/mol. The van der Waals surface area contributed by atoms with Gasteiger partial charge in [0.05, 0.1) is 6.54 Å². The molecule has 15 heavy (non-hydrogen) atoms. The van der Waals surface area contributed by atoms with E-state index in [0.717, 1.165) is 18.7 Å². The molecule has 1 rings (SSSR count). The van der Waals surface area contributed by atoms with Crippen molar-refractivity contribution in [2.24, 2.45) is 5.41 Å². The van der Waals surface area contributed by atoms with Gasteiger partial charge < -0.3 is 14.8 Å². The van der Waals surface area contributed by atoms with Crippen molar-refractivity contribution >= 4 is 11.6 Å². The van der Waals surface area contributed by atoms with Gasteiger partial charge in [0.25, 0.3) is 0 Å². The Kier molecular flexibility index (Phi) is 4.64. The van der Waals surface area contributed by atoms with Crippen LogP contribution in [-0.4, -0.2) is 18.3 Å². The molecule has 0 radical (unpaired) electrons. The Bertz CT molecular complexity index is 295. The molecule has 0 spiro atoms. The van der Waals surface area contributed by atoms with Gasteiger partial charge in [-0.15, -0.1) is 0 Å². The Labute approximate surface area is 95.4 Å². The van der Waals surface area contributed by atoms with E-state index in [1.54, 1.807) is 6.07 Å². The van der Waals surface area contributed by atoms with Crippen molar-refractivity contribution in [3.8, 4) is 0 Å². The van der Waals surface area contributed by atoms with Gasteiger partial charge in [-0.3, -0.25) is 0 Å². The van der Waals surface area contributed by atoms with Gasteiger partial charge in [-0.25, -0.2) is 0 Å². The van der Waals surface area contributed by atoms with E-state index in [9.17, 15) is 5.11 Å². The molecular formula is C11H18ClNO2. The molecule has 0 fully saturated rings. The fourth-order valence-corrected chi connectivity index (χ4v) is 1.39. The van der Waals surface area contributed by atoms with Gasteiger partial charge in [-0.05, 0) is 30.2 Å². The second-order valence-electron chi connectivity index (χ2n) is 4.13. The maximum Gasteiger partial charge on any atom is 0.193 e. The van der Waals surface area contributed by atoms with Crippen LogP contribution in [0.5, 0.6) is 0 Å². The van der Waals surface area contributed by atoms with Gasteiger partial charge in [0.15, 0.2) is 5.22 Å². The summed E-state index contributed by atoms with van der Waals surface area (Å²) in [5.74, 6) is 0.816. The Morgan fingerprint density at radius 2 is 2.27 bits per heavy atom. The van der Waals surface area contributed by atoms with Crippen LogP contribution in [0.15, 0.2) is 16.5 Å². The van der Waals surface area contributed by atoms with Gasteiger partial charge >= 0.3 is 0 Å². The van der Waals surface area contributed by atoms with E-state index in [-0.39, 0.29) is 12.0 Å². The van der Waals surface area contributed by atoms with Crippen molar-refractivity contribution in [1.82, 2.24) is 5.32 Å². The Hall–Kier alpha value is -0.510. The van der Waals surface area contributed by atoms with Gasteiger partial charge in [0.2, 0.25) is 0 Å². The van der Waals surface area contributed by atoms with Gasteiger partial charge in [-0.2, -0.15) is 0 Å². The largest absolute Gasteiger partial charge is 0.448 e. The molecule has 1 atom stereocenters. The number of furan rings is 1. The first kappa shape index (κ1) is 12.6. The molecule has 0 aromatic carbocycles. The maximum absolute atomic E-state index is 9.20. The highest BCUT2D eigenvalue weighted by Crippen LogP contribution is 2.19. The first-order chi connectivity index (χ1) is 7.09. The summed E-state index contributed by atoms with van der Waals surface area (Å²) in [5, 5.41) is 12.9. The van der Waals surface area contributed by atoms with E-state index in [1.165, 1.54) is 0 Å². The molecule has 2 N–H and O–H groups in total. The van der Waals surface area contributed by atoms with E-state index in [4.69, 9.17) is 16.0 Å². The molecule has 1 unspecified atom stereocenters. The molecule has 0 saturated carbocycles. The minimum atomic E-state index is -0.0591. The molecule has 0 aliphatic rings. The lowest BCUT2D eigenvalue weighted by Gasteiger charge is -2.25. The van der Waals surface area contributed by atoms with Crippen LogP contribution in [0.25, 0.3) is 0 Å². The Morgan fingerprint density at radius 1 is 1.53 bits per heavy atom. The summed E-state index contributed by atoms with van der Waals surface area (Å²) in [7, 11) is 0. The molecule has 4 heteroatoms. The van der Waals surface area contributed by atoms with Crippen molar-refractivity contribution in [2.45, 2.75) is 26.8 Å². The second kappa shape index (κ2) is 5.54. The third-order valence-corrected chi connectivity index (χ3v) is 2.92. The standard InChI is InChI=1S/C11H18ClNO2/c1-3-11(2,8-14)7-13-6-9-4-5-10(12)15-9/h4-5,13-14H,3,6-8H2,1-2H3. The number of halogens is 1. The molecule has 1 aromatic heterocycles. The molecule has 0 aliphatic carbocycles. The molecule has 1 heterocycles. The minimum Gasteiger partial charge on any atom is -0.448 e. The number of aliphatic hydroxyl groups excluding tert-OH is 1. The lowest BCUT2D eigenvalue weighted by atomic mass is 9.89. The highest BCUT2D eigenvalue weighted by atomic mass is 35.5. The smallest absolute Gasteiger partial charge is 0.193 e. The molecule has 1 aromatic rings. The van der Waals surface area contributed by atoms with Crippen LogP contribution >= 0.6 is 11.6 Å². The Morgan fingerprint density at radius 3 is 2.73 bits per heavy atom. The zero-order valence-electron chi connectivity index (χ0n) is 9.22. The van der Waals surface area contributed by atoms with Crippen molar-refractivity contribution in [2.75, 3.05) is 13.2 Å². The average molecular weight is 232 g/mol. The third-order valence-electron chi connectivity index (χ3n) is 2.72. The molecular weight excluding hydrogens is 214 g/mol. The fraction of sp³-hybridized carbons (Fsp3) is 0.636. The van der Waals surface area contributed by atoms with Crippen LogP contribution in [0.1, 0.15) is 26.0 Å². The van der Waals surface area contributed by atoms with Crippen molar-refractivity contribution in [1.29, 1.82) is 0 Å². The molecule has 0 aliphatic heterocycles. The van der Waals surface area contributed by atoms with E-state index in [1.807, 2.05) is 6.07 Å². The van der Waals surface area contributed by atoms with Crippen LogP contribution in [0.3, 0.4) is 0 Å². The van der Waals surface area contributed by atoms with Crippen molar-refractivity contribution in [3.63, 3.8) is 0 Å². The fourth-order valence-electron chi connectivity index (χ4n) is 1.23. The lowest BCUT2D eigenvalue weighted by Crippen LogP contribution is -2.33. The highest BCUT2D eigenvalue weighted by Gasteiger charge is 2.20. The Balaban J connectivity index is 2.32. The number of nitrogens with one attached hydrogen (secondary N) is 1. The quantitative estimate of drug-likeness (QED) is 0.791. The van der Waals surface area contributed by atoms with Crippen molar-refractivity contribution < 1.29 is 9.52 Å². The van der Waals surface area contributed by atoms with Crippen LogP contribution in [0.4, 0.5) is 0 Å². The predicted molar refractivity (Wildman–Crippen MR) is 60.9 cm³/mol. The molecule has 0 bridgehead atoms. The molecule has 0 amide bonds. The molecule has 3 nitrogen and oxygen atoms in total. The van der Waals surface area contributed by atoms with E-state index >= 15 is 0 Å². The maximum atomic E-state index is 9.20. The molecule has 86 valence electrons. The zero-order valence-corrected chi connectivity index (χ0v) is 9.97. The van der Waals surface area contributed by atoms with Gasteiger partial charge in [0.1, 0.15) is 5.76 Å². The highest BCUT2D eigenvalue weighted by molar-refractivity contribution is 6.28. The van der Waals surface area contributed by atoms with E-state index < -0.39 is 0 Å². The zero-order chi connectivity index (χ0) is 11.3. The number of hydrogen-bond donors (Lipinski definition) is 2. The summed E-state index contributed by atoms with van der Waals surface area (Å²) < 4.78 is 5.21. The van der Waals surface area contributed by atoms with Crippen LogP contribution in [-0.2, 0) is 6.54 Å². The SMILES string of the molecule is CCC(C)(CO)CNCc1ccc(Cl)o1. The number of aliphatic hydroxyl groups is 1. The second-order valence-corrected chi connectivity index (χ2v) is 4.50. The summed E-state index contributed by atoms with van der Waals surface area (Å²) in [6.45, 7) is 5.72. The summed E-state index contributed by atoms with van der Waals surface area (Å²) >= 11 is 5.65. The van der Waals surface area contributed by atoms with E-state index in [2.05, 4.69) is 19.2 Å². The summed E-state index contributed by atoms with van der Waals surface area (Å²) in [5.41, 5.74) is -0.0591. The van der Waals surface area contributed by atoms with E-state index in [0.29, 0.717) is 11.8 Å². The average Bonchev–Trinajstić information content (AvgIpc) is 2.64. The first-order valence-electron chi connectivity index (χ1n) is 5.15. The number of rotatable bonds is 6. The number of hydrogen-bond acceptors (Lipinski definition) is 3. The minimum absolute atomic E-state index is 0.0591. The summed E-state index contributed by atoms with van der Waals surface area (Å²) in [6.07, 6.45) is 0.940. The van der Waals surface area contributed by atoms with Crippen molar-refractivity contribution in [3.05, 3.63) is 23.1 Å². The summed E-state index contributed by atoms with van der Waals surface area (Å²) in [4.78, 5) is 0. The lowest BCUT2D eigenvalue weighted by molar-refractivity contribution is 0.134. The van der Waals surface area contributed by atoms with Crippen LogP contribution in [0.2, 0.25) is 5.22 Å². The van der Waals surface area contributed by atoms with Crippen LogP contribution < -0.4 is 5.32 Å². The van der Waals surface area contributed by atoms with Gasteiger partial charge in [0, 0.05) is 18.6 Å². The van der Waals surface area contributed by atoms with Crippen LogP contribution in [0, 0.1) is 5.41 Å². The first-order valence-corrected chi connectivity index (χ1v) is 5.53. The third kappa shape index (κ3) is 3.86. The normalized spacial score (nSPS) is 15.2. The summed E-state index contributed by atoms with van der Waals surface area (Å²) in [6, 6.07) is 3.57.